The molecule has 0 bridgehead atoms. The smallest absolute Gasteiger partial charge is 0.282 e. The Bertz CT molecular complexity index is 1350. The minimum Gasteiger partial charge on any atom is -0.351 e. The Balaban J connectivity index is 1.51. The van der Waals surface area contributed by atoms with Crippen LogP contribution in [0.1, 0.15) is 30.9 Å². The third kappa shape index (κ3) is 5.40. The largest absolute Gasteiger partial charge is 0.351 e. The van der Waals surface area contributed by atoms with Crippen molar-refractivity contribution >= 4 is 39.3 Å². The average molecular weight is 571 g/mol. The van der Waals surface area contributed by atoms with Gasteiger partial charge in [-0.05, 0) is 30.7 Å². The lowest BCUT2D eigenvalue weighted by atomic mass is 9.87. The van der Waals surface area contributed by atoms with Crippen LogP contribution >= 0.6 is 11.6 Å². The maximum absolute atomic E-state index is 14.3. The van der Waals surface area contributed by atoms with Gasteiger partial charge in [-0.2, -0.15) is 17.0 Å². The number of benzene rings is 2. The first-order valence-electron chi connectivity index (χ1n) is 12.2. The molecule has 0 radical (unpaired) electrons. The Kier molecular flexibility index (Phi) is 7.18. The first kappa shape index (κ1) is 26.9. The summed E-state index contributed by atoms with van der Waals surface area (Å²) in [6.07, 6.45) is -0.870. The van der Waals surface area contributed by atoms with Crippen LogP contribution in [0.15, 0.2) is 48.5 Å². The van der Waals surface area contributed by atoms with Crippen LogP contribution in [0.25, 0.3) is 0 Å². The van der Waals surface area contributed by atoms with Crippen LogP contribution in [0.4, 0.5) is 18.9 Å². The predicted molar refractivity (Wildman–Crippen MR) is 134 cm³/mol. The Hall–Kier alpha value is -2.67. The zero-order chi connectivity index (χ0) is 27.2. The van der Waals surface area contributed by atoms with Gasteiger partial charge in [0.25, 0.3) is 16.1 Å². The van der Waals surface area contributed by atoms with Crippen molar-refractivity contribution in [2.24, 2.45) is 5.92 Å². The molecule has 3 fully saturated rings. The quantitative estimate of drug-likeness (QED) is 0.493. The highest BCUT2D eigenvalue weighted by molar-refractivity contribution is 7.87. The highest BCUT2D eigenvalue weighted by atomic mass is 35.5. The van der Waals surface area contributed by atoms with Crippen molar-refractivity contribution < 1.29 is 31.2 Å². The monoisotopic (exact) mass is 570 g/mol. The van der Waals surface area contributed by atoms with E-state index in [-0.39, 0.29) is 35.8 Å². The molecule has 2 aromatic rings. The summed E-state index contributed by atoms with van der Waals surface area (Å²) in [6, 6.07) is 9.20. The van der Waals surface area contributed by atoms with E-state index >= 15 is 0 Å². The molecule has 13 heteroatoms. The van der Waals surface area contributed by atoms with E-state index in [2.05, 4.69) is 5.32 Å². The topological polar surface area (TPSA) is 89.8 Å². The molecule has 2 aromatic carbocycles. The number of rotatable bonds is 8. The zero-order valence-electron chi connectivity index (χ0n) is 20.2. The summed E-state index contributed by atoms with van der Waals surface area (Å²) in [7, 11) is -3.68. The second-order valence-electron chi connectivity index (χ2n) is 9.83. The molecule has 1 saturated carbocycles. The van der Waals surface area contributed by atoms with Gasteiger partial charge in [0.15, 0.2) is 0 Å². The number of carbonyl (C=O) groups excluding carboxylic acids is 2. The number of halogens is 4. The molecule has 0 aromatic heterocycles. The van der Waals surface area contributed by atoms with E-state index in [1.165, 1.54) is 38.9 Å². The number of hydrogen-bond donors (Lipinski definition) is 1. The number of amides is 2. The second-order valence-corrected chi connectivity index (χ2v) is 12.2. The third-order valence-electron chi connectivity index (χ3n) is 7.03. The first-order chi connectivity index (χ1) is 18.0. The summed E-state index contributed by atoms with van der Waals surface area (Å²) in [6.45, 7) is 0.852. The fourth-order valence-corrected chi connectivity index (χ4v) is 6.75. The van der Waals surface area contributed by atoms with Gasteiger partial charge >= 0.3 is 0 Å². The molecule has 2 amide bonds. The molecule has 8 nitrogen and oxygen atoms in total. The van der Waals surface area contributed by atoms with Crippen molar-refractivity contribution in [3.05, 3.63) is 64.9 Å². The van der Waals surface area contributed by atoms with Crippen molar-refractivity contribution in [3.8, 4) is 0 Å². The highest BCUT2D eigenvalue weighted by Crippen LogP contribution is 2.39. The number of hydrogen-bond acceptors (Lipinski definition) is 4. The Labute approximate surface area is 223 Å². The van der Waals surface area contributed by atoms with Crippen LogP contribution in [-0.2, 0) is 19.8 Å². The number of nitrogens with one attached hydrogen (secondary N) is 1. The van der Waals surface area contributed by atoms with Gasteiger partial charge in [0.2, 0.25) is 11.8 Å². The molecule has 38 heavy (non-hydrogen) atoms. The van der Waals surface area contributed by atoms with Gasteiger partial charge in [0.1, 0.15) is 11.9 Å². The fraction of sp³-hybridized carbons (Fsp3) is 0.440. The molecule has 0 spiro atoms. The summed E-state index contributed by atoms with van der Waals surface area (Å²) >= 11 is 6.44. The van der Waals surface area contributed by atoms with E-state index in [0.29, 0.717) is 13.1 Å². The molecule has 1 aliphatic carbocycles. The average Bonchev–Trinajstić information content (AvgIpc) is 3.58. The lowest BCUT2D eigenvalue weighted by Crippen LogP contribution is -2.54. The standard InChI is InChI=1S/C25H26ClF3N4O4S/c26-21-7-2-1-6-20(21)22(23(34)30-18-13-25(28,29)14-18)33(19-5-3-4-17(27)12-19)24(35)16-8-9-32(15-16)38(36,37)31-10-11-31/h1-7,12,16,18,22H,8-11,13-15H2,(H,30,34)/t16-,22+/m0/s1. The van der Waals surface area contributed by atoms with Gasteiger partial charge in [-0.25, -0.2) is 13.2 Å². The Morgan fingerprint density at radius 1 is 1.05 bits per heavy atom. The minimum atomic E-state index is -3.68. The third-order valence-corrected chi connectivity index (χ3v) is 9.37. The van der Waals surface area contributed by atoms with E-state index in [0.717, 1.165) is 11.0 Å². The summed E-state index contributed by atoms with van der Waals surface area (Å²) < 4.78 is 69.2. The fourth-order valence-electron chi connectivity index (χ4n) is 4.94. The minimum absolute atomic E-state index is 0.0567. The van der Waals surface area contributed by atoms with Crippen LogP contribution in [-0.4, -0.2) is 67.0 Å². The molecule has 2 heterocycles. The highest BCUT2D eigenvalue weighted by Gasteiger charge is 2.48. The van der Waals surface area contributed by atoms with Gasteiger partial charge in [-0.3, -0.25) is 14.5 Å². The van der Waals surface area contributed by atoms with Crippen LogP contribution in [0.5, 0.6) is 0 Å². The van der Waals surface area contributed by atoms with E-state index in [9.17, 15) is 31.2 Å². The van der Waals surface area contributed by atoms with Crippen molar-refractivity contribution in [1.82, 2.24) is 13.9 Å². The molecule has 2 saturated heterocycles. The summed E-state index contributed by atoms with van der Waals surface area (Å²) in [5.41, 5.74) is 0.281. The van der Waals surface area contributed by atoms with Crippen LogP contribution in [0.2, 0.25) is 5.02 Å². The summed E-state index contributed by atoms with van der Waals surface area (Å²) in [5, 5.41) is 2.74. The van der Waals surface area contributed by atoms with Gasteiger partial charge in [-0.15, -0.1) is 0 Å². The normalized spacial score (nSPS) is 22.5. The molecule has 0 unspecified atom stereocenters. The van der Waals surface area contributed by atoms with Crippen molar-refractivity contribution in [2.45, 2.75) is 37.3 Å². The van der Waals surface area contributed by atoms with Crippen LogP contribution in [0.3, 0.4) is 0 Å². The van der Waals surface area contributed by atoms with E-state index in [1.54, 1.807) is 12.1 Å². The maximum atomic E-state index is 14.3. The first-order valence-corrected chi connectivity index (χ1v) is 14.0. The number of nitrogens with zero attached hydrogens (tertiary/aromatic N) is 3. The molecule has 2 atom stereocenters. The van der Waals surface area contributed by atoms with E-state index in [4.69, 9.17) is 11.6 Å². The van der Waals surface area contributed by atoms with Gasteiger partial charge in [-0.1, -0.05) is 35.9 Å². The molecule has 3 aliphatic rings. The molecule has 2 aliphatic heterocycles. The van der Waals surface area contributed by atoms with Gasteiger partial charge in [0, 0.05) is 61.3 Å². The van der Waals surface area contributed by atoms with E-state index < -0.39 is 64.6 Å². The zero-order valence-corrected chi connectivity index (χ0v) is 21.8. The lowest BCUT2D eigenvalue weighted by molar-refractivity contribution is -0.133. The molecular weight excluding hydrogens is 545 g/mol. The lowest BCUT2D eigenvalue weighted by Gasteiger charge is -2.38. The maximum Gasteiger partial charge on any atom is 0.282 e. The number of carbonyl (C=O) groups is 2. The Morgan fingerprint density at radius 3 is 2.39 bits per heavy atom. The number of anilines is 1. The molecule has 5 rings (SSSR count). The number of alkyl halides is 2. The van der Waals surface area contributed by atoms with Crippen LogP contribution in [0, 0.1) is 11.7 Å². The van der Waals surface area contributed by atoms with Gasteiger partial charge < -0.3 is 5.32 Å². The molecular formula is C25H26ClF3N4O4S. The van der Waals surface area contributed by atoms with E-state index in [1.807, 2.05) is 0 Å². The predicted octanol–water partition coefficient (Wildman–Crippen LogP) is 3.35. The summed E-state index contributed by atoms with van der Waals surface area (Å²) in [4.78, 5) is 28.8. The van der Waals surface area contributed by atoms with Crippen molar-refractivity contribution in [1.29, 1.82) is 0 Å². The summed E-state index contributed by atoms with van der Waals surface area (Å²) in [5.74, 6) is -5.71. The molecule has 204 valence electrons. The second kappa shape index (κ2) is 10.1. The SMILES string of the molecule is O=C(NC1CC(F)(F)C1)[C@@H](c1ccccc1Cl)N(C(=O)[C@H]1CCN(S(=O)(=O)N2CC2)C1)c1cccc(F)c1. The van der Waals surface area contributed by atoms with Gasteiger partial charge in [0.05, 0.1) is 5.92 Å². The Morgan fingerprint density at radius 2 is 1.76 bits per heavy atom. The van der Waals surface area contributed by atoms with Crippen molar-refractivity contribution in [3.63, 3.8) is 0 Å². The molecule has 1 N–H and O–H groups in total. The van der Waals surface area contributed by atoms with Crippen LogP contribution < -0.4 is 10.2 Å². The van der Waals surface area contributed by atoms with Crippen molar-refractivity contribution in [2.75, 3.05) is 31.1 Å².